The van der Waals surface area contributed by atoms with Crippen LogP contribution in [0.1, 0.15) is 40.0 Å². The Kier molecular flexibility index (Phi) is 5.85. The summed E-state index contributed by atoms with van der Waals surface area (Å²) >= 11 is 4.86. The molecule has 4 aromatic heterocycles. The highest BCUT2D eigenvalue weighted by molar-refractivity contribution is 7.11. The van der Waals surface area contributed by atoms with Gasteiger partial charge in [0.05, 0.1) is 6.54 Å². The molecule has 3 nitrogen and oxygen atoms in total. The van der Waals surface area contributed by atoms with Crippen molar-refractivity contribution in [3.63, 3.8) is 0 Å². The van der Waals surface area contributed by atoms with Gasteiger partial charge in [-0.1, -0.05) is 18.2 Å². The molecule has 4 rings (SSSR count). The van der Waals surface area contributed by atoms with Gasteiger partial charge in [0.1, 0.15) is 11.5 Å². The summed E-state index contributed by atoms with van der Waals surface area (Å²) in [6.45, 7) is 6.00. The van der Waals surface area contributed by atoms with Gasteiger partial charge in [0.25, 0.3) is 0 Å². The third kappa shape index (κ3) is 3.88. The van der Waals surface area contributed by atoms with Crippen LogP contribution in [0.15, 0.2) is 69.1 Å². The van der Waals surface area contributed by atoms with Crippen molar-refractivity contribution in [2.45, 2.75) is 38.6 Å². The van der Waals surface area contributed by atoms with Crippen molar-refractivity contribution in [1.29, 1.82) is 0 Å². The summed E-state index contributed by atoms with van der Waals surface area (Å²) < 4.78 is 6.22. The lowest BCUT2D eigenvalue weighted by Crippen LogP contribution is -2.29. The molecule has 0 saturated heterocycles. The maximum absolute atomic E-state index is 11.7. The third-order valence-electron chi connectivity index (χ3n) is 4.80. The molecule has 0 fully saturated rings. The van der Waals surface area contributed by atoms with Gasteiger partial charge in [-0.3, -0.25) is 4.90 Å². The molecule has 0 aliphatic heterocycles. The molecule has 0 atom stereocenters. The van der Waals surface area contributed by atoms with E-state index in [9.17, 15) is 5.11 Å². The van der Waals surface area contributed by atoms with Crippen molar-refractivity contribution >= 4 is 34.0 Å². The SMILES string of the molecule is CC(C)N(Cc1ccc(C(O)(c2cccs2)c2cccs2)o1)Cc1cccs1. The van der Waals surface area contributed by atoms with Crippen molar-refractivity contribution in [3.8, 4) is 0 Å². The van der Waals surface area contributed by atoms with Gasteiger partial charge in [0, 0.05) is 27.2 Å². The van der Waals surface area contributed by atoms with Crippen molar-refractivity contribution in [3.05, 3.63) is 90.8 Å². The molecule has 146 valence electrons. The molecule has 4 aromatic rings. The molecule has 1 N–H and O–H groups in total. The number of hydrogen-bond acceptors (Lipinski definition) is 6. The molecule has 0 unspecified atom stereocenters. The fourth-order valence-corrected chi connectivity index (χ4v) is 5.69. The van der Waals surface area contributed by atoms with E-state index in [1.54, 1.807) is 34.0 Å². The van der Waals surface area contributed by atoms with Crippen LogP contribution in [0.25, 0.3) is 0 Å². The highest BCUT2D eigenvalue weighted by atomic mass is 32.1. The first kappa shape index (κ1) is 19.6. The Morgan fingerprint density at radius 2 is 1.54 bits per heavy atom. The van der Waals surface area contributed by atoms with E-state index in [1.807, 2.05) is 47.2 Å². The zero-order chi connectivity index (χ0) is 19.6. The molecule has 28 heavy (non-hydrogen) atoms. The Morgan fingerprint density at radius 1 is 0.893 bits per heavy atom. The van der Waals surface area contributed by atoms with E-state index < -0.39 is 5.60 Å². The summed E-state index contributed by atoms with van der Waals surface area (Å²) in [5.74, 6) is 1.44. The number of aliphatic hydroxyl groups is 1. The second-order valence-corrected chi connectivity index (χ2v) is 9.94. The molecular formula is C22H23NO2S3. The number of furan rings is 1. The van der Waals surface area contributed by atoms with E-state index in [1.165, 1.54) is 4.88 Å². The van der Waals surface area contributed by atoms with Crippen LogP contribution in [0.5, 0.6) is 0 Å². The van der Waals surface area contributed by atoms with Crippen molar-refractivity contribution < 1.29 is 9.52 Å². The lowest BCUT2D eigenvalue weighted by Gasteiger charge is -2.26. The number of thiophene rings is 3. The molecule has 4 heterocycles. The first-order valence-corrected chi connectivity index (χ1v) is 11.9. The van der Waals surface area contributed by atoms with Gasteiger partial charge in [-0.15, -0.1) is 34.0 Å². The summed E-state index contributed by atoms with van der Waals surface area (Å²) in [6.07, 6.45) is 0. The van der Waals surface area contributed by atoms with Crippen molar-refractivity contribution in [1.82, 2.24) is 4.90 Å². The van der Waals surface area contributed by atoms with Crippen molar-refractivity contribution in [2.24, 2.45) is 0 Å². The van der Waals surface area contributed by atoms with E-state index in [0.29, 0.717) is 18.3 Å². The van der Waals surface area contributed by atoms with Crippen LogP contribution < -0.4 is 0 Å². The van der Waals surface area contributed by atoms with Crippen LogP contribution in [-0.2, 0) is 18.7 Å². The highest BCUT2D eigenvalue weighted by Gasteiger charge is 2.39. The first-order valence-electron chi connectivity index (χ1n) is 9.23. The van der Waals surface area contributed by atoms with E-state index in [4.69, 9.17) is 4.42 Å². The highest BCUT2D eigenvalue weighted by Crippen LogP contribution is 2.41. The third-order valence-corrected chi connectivity index (χ3v) is 7.62. The molecule has 0 aliphatic carbocycles. The Balaban J connectivity index is 1.62. The lowest BCUT2D eigenvalue weighted by atomic mass is 9.97. The summed E-state index contributed by atoms with van der Waals surface area (Å²) in [6, 6.07) is 16.4. The second kappa shape index (κ2) is 8.35. The van der Waals surface area contributed by atoms with Crippen LogP contribution in [-0.4, -0.2) is 16.0 Å². The lowest BCUT2D eigenvalue weighted by molar-refractivity contribution is 0.101. The van der Waals surface area contributed by atoms with Crippen LogP contribution >= 0.6 is 34.0 Å². The summed E-state index contributed by atoms with van der Waals surface area (Å²) in [5, 5.41) is 17.8. The molecule has 6 heteroatoms. The average Bonchev–Trinajstić information content (AvgIpc) is 3.49. The summed E-state index contributed by atoms with van der Waals surface area (Å²) in [5.41, 5.74) is -1.24. The van der Waals surface area contributed by atoms with Gasteiger partial charge in [0.15, 0.2) is 5.60 Å². The fourth-order valence-electron chi connectivity index (χ4n) is 3.21. The maximum Gasteiger partial charge on any atom is 0.191 e. The second-order valence-electron chi connectivity index (χ2n) is 7.01. The Hall–Kier alpha value is -1.70. The molecule has 0 spiro atoms. The minimum Gasteiger partial charge on any atom is -0.461 e. The zero-order valence-corrected chi connectivity index (χ0v) is 18.3. The molecule has 0 radical (unpaired) electrons. The van der Waals surface area contributed by atoms with Gasteiger partial charge in [0.2, 0.25) is 0 Å². The average molecular weight is 430 g/mol. The topological polar surface area (TPSA) is 36.6 Å². The van der Waals surface area contributed by atoms with E-state index in [0.717, 1.165) is 22.1 Å². The molecule has 0 bridgehead atoms. The van der Waals surface area contributed by atoms with Gasteiger partial charge in [-0.25, -0.2) is 0 Å². The minimum atomic E-state index is -1.24. The molecule has 0 saturated carbocycles. The van der Waals surface area contributed by atoms with E-state index in [2.05, 4.69) is 36.3 Å². The van der Waals surface area contributed by atoms with E-state index >= 15 is 0 Å². The molecule has 0 amide bonds. The predicted molar refractivity (Wildman–Crippen MR) is 118 cm³/mol. The standard InChI is InChI=1S/C22H23NO2S3/c1-16(2)23(15-18-6-3-11-26-18)14-17-9-10-19(25-17)22(24,20-7-4-12-27-20)21-8-5-13-28-21/h3-13,16,24H,14-15H2,1-2H3. The maximum atomic E-state index is 11.7. The van der Waals surface area contributed by atoms with E-state index in [-0.39, 0.29) is 0 Å². The normalized spacial score (nSPS) is 12.3. The van der Waals surface area contributed by atoms with Gasteiger partial charge >= 0.3 is 0 Å². The Bertz CT molecular complexity index is 935. The monoisotopic (exact) mass is 429 g/mol. The van der Waals surface area contributed by atoms with Crippen LogP contribution in [0.4, 0.5) is 0 Å². The van der Waals surface area contributed by atoms with Crippen LogP contribution in [0.2, 0.25) is 0 Å². The smallest absolute Gasteiger partial charge is 0.191 e. The fraction of sp³-hybridized carbons (Fsp3) is 0.273. The largest absolute Gasteiger partial charge is 0.461 e. The summed E-state index contributed by atoms with van der Waals surface area (Å²) in [4.78, 5) is 5.46. The molecule has 0 aliphatic rings. The Morgan fingerprint density at radius 3 is 2.07 bits per heavy atom. The predicted octanol–water partition coefficient (Wildman–Crippen LogP) is 6.16. The first-order chi connectivity index (χ1) is 13.6. The quantitative estimate of drug-likeness (QED) is 0.364. The number of hydrogen-bond donors (Lipinski definition) is 1. The van der Waals surface area contributed by atoms with Crippen LogP contribution in [0, 0.1) is 0 Å². The zero-order valence-electron chi connectivity index (χ0n) is 15.9. The van der Waals surface area contributed by atoms with Crippen molar-refractivity contribution in [2.75, 3.05) is 0 Å². The molecular weight excluding hydrogens is 406 g/mol. The summed E-state index contributed by atoms with van der Waals surface area (Å²) in [7, 11) is 0. The minimum absolute atomic E-state index is 0.393. The van der Waals surface area contributed by atoms with Crippen LogP contribution in [0.3, 0.4) is 0 Å². The molecule has 0 aromatic carbocycles. The number of nitrogens with zero attached hydrogens (tertiary/aromatic N) is 1. The van der Waals surface area contributed by atoms with Gasteiger partial charge in [-0.2, -0.15) is 0 Å². The number of rotatable bonds is 8. The van der Waals surface area contributed by atoms with Gasteiger partial charge in [-0.05, 0) is 60.3 Å². The Labute approximate surface area is 177 Å². The van der Waals surface area contributed by atoms with Gasteiger partial charge < -0.3 is 9.52 Å².